The van der Waals surface area contributed by atoms with Crippen molar-refractivity contribution in [3.8, 4) is 22.3 Å². The highest BCUT2D eigenvalue weighted by Crippen LogP contribution is 2.33. The van der Waals surface area contributed by atoms with Gasteiger partial charge in [0.1, 0.15) is 11.6 Å². The van der Waals surface area contributed by atoms with Crippen LogP contribution in [0.3, 0.4) is 0 Å². The van der Waals surface area contributed by atoms with E-state index in [-0.39, 0.29) is 0 Å². The summed E-state index contributed by atoms with van der Waals surface area (Å²) in [6.07, 6.45) is -1.34. The molecule has 2 aliphatic rings. The van der Waals surface area contributed by atoms with Gasteiger partial charge in [-0.2, -0.15) is 26.3 Å². The van der Waals surface area contributed by atoms with Crippen LogP contribution >= 0.6 is 0 Å². The normalized spacial score (nSPS) is 15.0. The molecule has 2 aliphatic heterocycles. The maximum atomic E-state index is 12.7. The number of rotatable bonds is 2. The second-order valence-corrected chi connectivity index (χ2v) is 9.34. The van der Waals surface area contributed by atoms with Crippen LogP contribution in [0.4, 0.5) is 38.0 Å². The van der Waals surface area contributed by atoms with E-state index in [0.29, 0.717) is 73.4 Å². The topological polar surface area (TPSA) is 94.1 Å². The molecule has 0 atom stereocenters. The zero-order valence-corrected chi connectivity index (χ0v) is 21.9. The third kappa shape index (κ3) is 7.12. The lowest BCUT2D eigenvalue weighted by atomic mass is 10.1. The van der Waals surface area contributed by atoms with Gasteiger partial charge in [-0.15, -0.1) is 0 Å². The second kappa shape index (κ2) is 12.3. The zero-order valence-electron chi connectivity index (χ0n) is 21.9. The molecule has 0 spiro atoms. The smallest absolute Gasteiger partial charge is 0.375 e. The lowest BCUT2D eigenvalue weighted by Gasteiger charge is -2.10. The summed E-state index contributed by atoms with van der Waals surface area (Å²) in [5.74, 6) is 1.41. The first-order valence-corrected chi connectivity index (χ1v) is 12.7. The molecule has 6 rings (SSSR count). The molecule has 6 heterocycles. The molecule has 2 N–H and O–H groups in total. The Labute approximate surface area is 236 Å². The Kier molecular flexibility index (Phi) is 8.54. The van der Waals surface area contributed by atoms with Gasteiger partial charge in [-0.25, -0.2) is 9.97 Å². The molecule has 42 heavy (non-hydrogen) atoms. The highest BCUT2D eigenvalue weighted by atomic mass is 19.4. The van der Waals surface area contributed by atoms with Crippen molar-refractivity contribution in [2.75, 3.05) is 36.9 Å². The molecule has 0 aliphatic carbocycles. The molecule has 4 aromatic rings. The quantitative estimate of drug-likeness (QED) is 0.266. The predicted octanol–water partition coefficient (Wildman–Crippen LogP) is 6.21. The molecule has 14 heteroatoms. The summed E-state index contributed by atoms with van der Waals surface area (Å²) in [4.78, 5) is 15.8. The summed E-state index contributed by atoms with van der Waals surface area (Å²) in [6.45, 7) is 3.22. The summed E-state index contributed by atoms with van der Waals surface area (Å²) in [5, 5.41) is 6.22. The van der Waals surface area contributed by atoms with Gasteiger partial charge in [-0.3, -0.25) is 9.97 Å². The number of nitrogens with one attached hydrogen (secondary N) is 2. The van der Waals surface area contributed by atoms with Crippen LogP contribution in [0, 0.1) is 0 Å². The first-order chi connectivity index (χ1) is 20.1. The Bertz CT molecular complexity index is 1430. The van der Waals surface area contributed by atoms with Gasteiger partial charge in [0.2, 0.25) is 0 Å². The monoisotopic (exact) mass is 590 g/mol. The largest absolute Gasteiger partial charge is 0.417 e. The van der Waals surface area contributed by atoms with E-state index in [1.807, 2.05) is 0 Å². The molecule has 220 valence electrons. The van der Waals surface area contributed by atoms with Crippen LogP contribution in [0.15, 0.2) is 61.4 Å². The summed E-state index contributed by atoms with van der Waals surface area (Å²) >= 11 is 0. The van der Waals surface area contributed by atoms with Crippen LogP contribution < -0.4 is 10.6 Å². The highest BCUT2D eigenvalue weighted by Gasteiger charge is 2.32. The van der Waals surface area contributed by atoms with E-state index < -0.39 is 23.5 Å². The second-order valence-electron chi connectivity index (χ2n) is 9.34. The Morgan fingerprint density at radius 2 is 0.952 bits per heavy atom. The number of aromatic nitrogens is 4. The van der Waals surface area contributed by atoms with E-state index >= 15 is 0 Å². The zero-order chi connectivity index (χ0) is 29.7. The standard InChI is InChI=1S/2C14H12F3N3O/c2*15-14(16,17)12-4-10(5-18-7-12)9-3-11-8-21-2-1-19-13(11)20-6-9/h2*3-7H,1-2,8H2,(H,19,20). The third-order valence-electron chi connectivity index (χ3n) is 6.32. The fourth-order valence-electron chi connectivity index (χ4n) is 4.23. The molecule has 4 aromatic heterocycles. The number of fused-ring (bicyclic) bond motifs is 2. The lowest BCUT2D eigenvalue weighted by Crippen LogP contribution is -2.06. The lowest BCUT2D eigenvalue weighted by molar-refractivity contribution is -0.138. The number of alkyl halides is 6. The summed E-state index contributed by atoms with van der Waals surface area (Å²) < 4.78 is 87.1. The van der Waals surface area contributed by atoms with Gasteiger partial charge >= 0.3 is 12.4 Å². The number of nitrogens with zero attached hydrogens (tertiary/aromatic N) is 4. The molecule has 0 fully saturated rings. The summed E-state index contributed by atoms with van der Waals surface area (Å²) in [5.41, 5.74) is 2.02. The predicted molar refractivity (Wildman–Crippen MR) is 141 cm³/mol. The van der Waals surface area contributed by atoms with Crippen LogP contribution in [0.2, 0.25) is 0 Å². The molecule has 0 saturated carbocycles. The molecule has 0 aromatic carbocycles. The first kappa shape index (κ1) is 29.2. The van der Waals surface area contributed by atoms with Gasteiger partial charge in [0.05, 0.1) is 37.6 Å². The van der Waals surface area contributed by atoms with Gasteiger partial charge in [0.25, 0.3) is 0 Å². The van der Waals surface area contributed by atoms with Crippen molar-refractivity contribution >= 4 is 11.6 Å². The van der Waals surface area contributed by atoms with Crippen LogP contribution in [0.25, 0.3) is 22.3 Å². The highest BCUT2D eigenvalue weighted by molar-refractivity contribution is 5.67. The fourth-order valence-corrected chi connectivity index (χ4v) is 4.23. The number of anilines is 2. The number of pyridine rings is 4. The minimum atomic E-state index is -4.41. The van der Waals surface area contributed by atoms with Crippen molar-refractivity contribution in [2.45, 2.75) is 25.6 Å². The number of hydrogen-bond acceptors (Lipinski definition) is 8. The van der Waals surface area contributed by atoms with E-state index in [1.165, 1.54) is 24.8 Å². The number of halogens is 6. The van der Waals surface area contributed by atoms with Crippen molar-refractivity contribution in [1.82, 2.24) is 19.9 Å². The number of ether oxygens (including phenoxy) is 2. The molecular formula is C28H24F6N6O2. The van der Waals surface area contributed by atoms with E-state index in [0.717, 1.165) is 35.7 Å². The minimum absolute atomic E-state index is 0.379. The SMILES string of the molecule is FC(F)(F)c1cncc(-c2cnc3c(c2)COCCN3)c1.FC(F)(F)c1cncc(-c2cnc3c(c2)COCCN3)c1. The van der Waals surface area contributed by atoms with Gasteiger partial charge in [-0.1, -0.05) is 0 Å². The van der Waals surface area contributed by atoms with Crippen LogP contribution in [0.5, 0.6) is 0 Å². The molecule has 0 saturated heterocycles. The van der Waals surface area contributed by atoms with E-state index in [2.05, 4.69) is 30.6 Å². The number of hydrogen-bond donors (Lipinski definition) is 2. The minimum Gasteiger partial charge on any atom is -0.375 e. The fraction of sp³-hybridized carbons (Fsp3) is 0.286. The van der Waals surface area contributed by atoms with Gasteiger partial charge in [0.15, 0.2) is 0 Å². The van der Waals surface area contributed by atoms with Gasteiger partial charge in [-0.05, 0) is 24.3 Å². The Morgan fingerprint density at radius 3 is 1.36 bits per heavy atom. The average Bonchev–Trinajstić information content (AvgIpc) is 3.36. The van der Waals surface area contributed by atoms with Crippen molar-refractivity contribution in [3.05, 3.63) is 83.7 Å². The summed E-state index contributed by atoms with van der Waals surface area (Å²) in [7, 11) is 0. The van der Waals surface area contributed by atoms with Crippen molar-refractivity contribution in [1.29, 1.82) is 0 Å². The van der Waals surface area contributed by atoms with E-state index in [9.17, 15) is 26.3 Å². The van der Waals surface area contributed by atoms with E-state index in [1.54, 1.807) is 12.1 Å². The van der Waals surface area contributed by atoms with Gasteiger partial charge in [0, 0.05) is 83.7 Å². The molecule has 0 bridgehead atoms. The van der Waals surface area contributed by atoms with Crippen molar-refractivity contribution < 1.29 is 35.8 Å². The van der Waals surface area contributed by atoms with E-state index in [4.69, 9.17) is 9.47 Å². The molecular weight excluding hydrogens is 566 g/mol. The average molecular weight is 591 g/mol. The summed E-state index contributed by atoms with van der Waals surface area (Å²) in [6, 6.07) is 5.69. The Hall–Kier alpha value is -4.30. The molecule has 0 amide bonds. The van der Waals surface area contributed by atoms with Crippen molar-refractivity contribution in [2.24, 2.45) is 0 Å². The Balaban J connectivity index is 0.000000168. The molecule has 0 unspecified atom stereocenters. The maximum absolute atomic E-state index is 12.7. The first-order valence-electron chi connectivity index (χ1n) is 12.7. The van der Waals surface area contributed by atoms with Crippen LogP contribution in [-0.4, -0.2) is 46.2 Å². The van der Waals surface area contributed by atoms with Crippen LogP contribution in [-0.2, 0) is 35.0 Å². The molecule has 0 radical (unpaired) electrons. The van der Waals surface area contributed by atoms with Crippen molar-refractivity contribution in [3.63, 3.8) is 0 Å². The van der Waals surface area contributed by atoms with Gasteiger partial charge < -0.3 is 20.1 Å². The third-order valence-corrected chi connectivity index (χ3v) is 6.32. The molecule has 8 nitrogen and oxygen atoms in total. The maximum Gasteiger partial charge on any atom is 0.417 e. The Morgan fingerprint density at radius 1 is 0.548 bits per heavy atom. The van der Waals surface area contributed by atoms with Crippen LogP contribution in [0.1, 0.15) is 22.3 Å².